The number of hydrogen-bond donors (Lipinski definition) is 3. The van der Waals surface area contributed by atoms with E-state index in [1.165, 1.54) is 0 Å². The monoisotopic (exact) mass is 732 g/mol. The second-order valence-electron chi connectivity index (χ2n) is 11.3. The van der Waals surface area contributed by atoms with Crippen LogP contribution in [0.5, 0.6) is 0 Å². The Hall–Kier alpha value is -3.37. The maximum absolute atomic E-state index is 12.5. The van der Waals surface area contributed by atoms with Crippen LogP contribution in [0, 0.1) is 0 Å². The fourth-order valence-electron chi connectivity index (χ4n) is 3.90. The predicted molar refractivity (Wildman–Crippen MR) is 205 cm³/mol. The van der Waals surface area contributed by atoms with Crippen molar-refractivity contribution >= 4 is 19.8 Å². The second-order valence-corrected chi connectivity index (χ2v) is 12.8. The van der Waals surface area contributed by atoms with Crippen LogP contribution in [-0.4, -0.2) is 65.7 Å². The summed E-state index contributed by atoms with van der Waals surface area (Å²) in [7, 11) is -4.64. The molecule has 0 bridgehead atoms. The van der Waals surface area contributed by atoms with E-state index in [0.29, 0.717) is 12.8 Å². The van der Waals surface area contributed by atoms with E-state index in [4.69, 9.17) is 19.1 Å². The van der Waals surface area contributed by atoms with Crippen molar-refractivity contribution in [1.82, 2.24) is 0 Å². The molecule has 2 unspecified atom stereocenters. The number of esters is 2. The number of carbonyl (C=O) groups excluding carboxylic acids is 2. The number of rotatable bonds is 31. The van der Waals surface area contributed by atoms with Gasteiger partial charge in [0.2, 0.25) is 0 Å². The summed E-state index contributed by atoms with van der Waals surface area (Å²) in [6.07, 6.45) is 42.1. The molecule has 0 radical (unpaired) electrons. The second kappa shape index (κ2) is 35.1. The minimum Gasteiger partial charge on any atom is -0.462 e. The molecule has 0 spiro atoms. The zero-order valence-corrected chi connectivity index (χ0v) is 31.4. The summed E-state index contributed by atoms with van der Waals surface area (Å²) >= 11 is 0. The highest BCUT2D eigenvalue weighted by Crippen LogP contribution is 2.43. The van der Waals surface area contributed by atoms with Gasteiger partial charge in [-0.05, 0) is 51.4 Å². The van der Waals surface area contributed by atoms with E-state index in [9.17, 15) is 24.2 Å². The third-order valence-electron chi connectivity index (χ3n) is 6.65. The van der Waals surface area contributed by atoms with Crippen molar-refractivity contribution in [2.75, 3.05) is 26.4 Å². The number of carbonyl (C=O) groups is 2. The van der Waals surface area contributed by atoms with Crippen molar-refractivity contribution < 1.29 is 47.8 Å². The largest absolute Gasteiger partial charge is 0.472 e. The molecule has 3 atom stereocenters. The van der Waals surface area contributed by atoms with E-state index in [2.05, 4.69) is 42.7 Å². The Balaban J connectivity index is 4.59. The third-order valence-corrected chi connectivity index (χ3v) is 7.60. The lowest BCUT2D eigenvalue weighted by Crippen LogP contribution is -2.29. The number of allylic oxidation sites excluding steroid dienone is 18. The zero-order chi connectivity index (χ0) is 37.7. The van der Waals surface area contributed by atoms with Crippen LogP contribution in [0.3, 0.4) is 0 Å². The number of phosphoric acid groups is 1. The Morgan fingerprint density at radius 2 is 1.02 bits per heavy atom. The average Bonchev–Trinajstić information content (AvgIpc) is 3.12. The lowest BCUT2D eigenvalue weighted by Gasteiger charge is -2.20. The molecule has 0 aromatic heterocycles. The summed E-state index contributed by atoms with van der Waals surface area (Å²) in [6.45, 7) is 1.94. The zero-order valence-electron chi connectivity index (χ0n) is 30.5. The molecule has 0 rings (SSSR count). The lowest BCUT2D eigenvalue weighted by atomic mass is 10.1. The van der Waals surface area contributed by atoms with Gasteiger partial charge >= 0.3 is 19.8 Å². The Morgan fingerprint density at radius 3 is 1.49 bits per heavy atom. The molecule has 0 aromatic carbocycles. The van der Waals surface area contributed by atoms with Crippen molar-refractivity contribution in [2.45, 2.75) is 103 Å². The molecule has 0 heterocycles. The molecule has 0 amide bonds. The van der Waals surface area contributed by atoms with Crippen LogP contribution in [0.2, 0.25) is 0 Å². The molecule has 3 N–H and O–H groups in total. The molecule has 51 heavy (non-hydrogen) atoms. The smallest absolute Gasteiger partial charge is 0.462 e. The number of aliphatic hydroxyl groups is 2. The van der Waals surface area contributed by atoms with Crippen LogP contribution in [0.25, 0.3) is 0 Å². The van der Waals surface area contributed by atoms with Gasteiger partial charge in [-0.3, -0.25) is 18.6 Å². The van der Waals surface area contributed by atoms with Crippen molar-refractivity contribution in [3.63, 3.8) is 0 Å². The van der Waals surface area contributed by atoms with Crippen LogP contribution in [-0.2, 0) is 32.7 Å². The average molecular weight is 733 g/mol. The van der Waals surface area contributed by atoms with Crippen molar-refractivity contribution in [2.24, 2.45) is 0 Å². The minimum absolute atomic E-state index is 0.120. The van der Waals surface area contributed by atoms with Gasteiger partial charge in [-0.1, -0.05) is 136 Å². The Kier molecular flexibility index (Phi) is 32.7. The van der Waals surface area contributed by atoms with Crippen molar-refractivity contribution in [3.8, 4) is 0 Å². The van der Waals surface area contributed by atoms with Gasteiger partial charge in [-0.25, -0.2) is 4.57 Å². The van der Waals surface area contributed by atoms with Crippen molar-refractivity contribution in [3.05, 3.63) is 109 Å². The molecule has 0 aliphatic heterocycles. The van der Waals surface area contributed by atoms with Crippen LogP contribution in [0.1, 0.15) is 90.9 Å². The Labute approximate surface area is 305 Å². The molecular weight excluding hydrogens is 671 g/mol. The maximum atomic E-state index is 12.5. The standard InChI is InChI=1S/C40H61O10P/c1-3-5-7-9-11-13-15-17-18-20-21-23-25-27-29-31-39(43)47-35-38(36-49-51(45,46)48-34-37(42)33-41)50-40(44)32-30-28-26-24-22-19-16-14-12-10-8-6-4-2/h5-22,37-38,41-42H,3-4,23-36H2,1-2H3,(H,45,46)/b7-5+,8-6+,11-9+,12-10+,15-13+,16-14+,18-17+,21-20+,22-19+/t37-,38?/m0/s1. The van der Waals surface area contributed by atoms with Gasteiger partial charge in [0, 0.05) is 12.8 Å². The summed E-state index contributed by atoms with van der Waals surface area (Å²) in [5.41, 5.74) is 0. The molecule has 0 saturated carbocycles. The van der Waals surface area contributed by atoms with E-state index >= 15 is 0 Å². The molecule has 0 aliphatic rings. The third kappa shape index (κ3) is 34.8. The normalized spacial score (nSPS) is 15.3. The summed E-state index contributed by atoms with van der Waals surface area (Å²) in [5, 5.41) is 18.3. The SMILES string of the molecule is CC/C=C/C=C/C=C/C=C/C=C/CCCCCC(=O)OCC(COP(=O)(O)OC[C@@H](O)CO)OC(=O)CCCCC/C=C/C=C/C=C/C=C/CC. The fraction of sp³-hybridized carbons (Fsp3) is 0.500. The topological polar surface area (TPSA) is 149 Å². The van der Waals surface area contributed by atoms with Gasteiger partial charge in [0.05, 0.1) is 19.8 Å². The maximum Gasteiger partial charge on any atom is 0.472 e. The molecular formula is C40H61O10P. The molecule has 286 valence electrons. The molecule has 0 aliphatic carbocycles. The number of hydrogen-bond acceptors (Lipinski definition) is 9. The summed E-state index contributed by atoms with van der Waals surface area (Å²) in [5.74, 6) is -1.04. The van der Waals surface area contributed by atoms with E-state index in [-0.39, 0.29) is 19.4 Å². The number of unbranched alkanes of at least 4 members (excludes halogenated alkanes) is 6. The summed E-state index contributed by atoms with van der Waals surface area (Å²) in [6, 6.07) is 0. The highest BCUT2D eigenvalue weighted by Gasteiger charge is 2.27. The van der Waals surface area contributed by atoms with E-state index in [1.54, 1.807) is 0 Å². The first-order valence-corrected chi connectivity index (χ1v) is 19.5. The number of phosphoric ester groups is 1. The predicted octanol–water partition coefficient (Wildman–Crippen LogP) is 8.66. The van der Waals surface area contributed by atoms with Crippen LogP contribution in [0.15, 0.2) is 109 Å². The number of aliphatic hydroxyl groups excluding tert-OH is 2. The lowest BCUT2D eigenvalue weighted by molar-refractivity contribution is -0.161. The van der Waals surface area contributed by atoms with Gasteiger partial charge in [-0.15, -0.1) is 0 Å². The summed E-state index contributed by atoms with van der Waals surface area (Å²) < 4.78 is 32.4. The van der Waals surface area contributed by atoms with Crippen LogP contribution < -0.4 is 0 Å². The molecule has 11 heteroatoms. The first-order valence-electron chi connectivity index (χ1n) is 18.0. The van der Waals surface area contributed by atoms with Gasteiger partial charge in [-0.2, -0.15) is 0 Å². The molecule has 10 nitrogen and oxygen atoms in total. The first kappa shape index (κ1) is 47.6. The van der Waals surface area contributed by atoms with Gasteiger partial charge in [0.1, 0.15) is 12.7 Å². The quantitative estimate of drug-likeness (QED) is 0.0274. The van der Waals surface area contributed by atoms with Gasteiger partial charge < -0.3 is 24.6 Å². The highest BCUT2D eigenvalue weighted by molar-refractivity contribution is 7.47. The van der Waals surface area contributed by atoms with E-state index in [0.717, 1.165) is 51.4 Å². The van der Waals surface area contributed by atoms with Crippen LogP contribution in [0.4, 0.5) is 0 Å². The number of ether oxygens (including phenoxy) is 2. The molecule has 0 aromatic rings. The fourth-order valence-corrected chi connectivity index (χ4v) is 4.69. The molecule has 0 saturated heterocycles. The van der Waals surface area contributed by atoms with E-state index < -0.39 is 51.8 Å². The summed E-state index contributed by atoms with van der Waals surface area (Å²) in [4.78, 5) is 34.8. The first-order chi connectivity index (χ1) is 24.7. The Morgan fingerprint density at radius 1 is 0.588 bits per heavy atom. The van der Waals surface area contributed by atoms with Gasteiger partial charge in [0.15, 0.2) is 6.10 Å². The highest BCUT2D eigenvalue weighted by atomic mass is 31.2. The Bertz CT molecular complexity index is 1210. The minimum atomic E-state index is -4.64. The van der Waals surface area contributed by atoms with Crippen LogP contribution >= 0.6 is 7.82 Å². The van der Waals surface area contributed by atoms with Crippen molar-refractivity contribution in [1.29, 1.82) is 0 Å². The van der Waals surface area contributed by atoms with E-state index in [1.807, 2.05) is 85.1 Å². The molecule has 0 fully saturated rings. The van der Waals surface area contributed by atoms with Gasteiger partial charge in [0.25, 0.3) is 0 Å².